The van der Waals surface area contributed by atoms with Crippen LogP contribution in [0.25, 0.3) is 11.1 Å². The van der Waals surface area contributed by atoms with E-state index in [9.17, 15) is 8.42 Å². The van der Waals surface area contributed by atoms with Crippen LogP contribution >= 0.6 is 0 Å². The topological polar surface area (TPSA) is 101 Å². The van der Waals surface area contributed by atoms with Crippen molar-refractivity contribution in [1.82, 2.24) is 5.16 Å². The van der Waals surface area contributed by atoms with Crippen molar-refractivity contribution in [2.45, 2.75) is 32.1 Å². The van der Waals surface area contributed by atoms with Gasteiger partial charge in [-0.2, -0.15) is 0 Å². The van der Waals surface area contributed by atoms with Crippen LogP contribution in [-0.2, 0) is 16.3 Å². The number of sulfone groups is 1. The SMILES string of the molecule is Cc1ccc(-c2c(C)noc2C)cc1S(=O)(=O)CCc1ccc(B(O)O)cc1. The third-order valence-electron chi connectivity index (χ3n) is 4.78. The number of hydrogen-bond acceptors (Lipinski definition) is 6. The van der Waals surface area contributed by atoms with Gasteiger partial charge in [-0.15, -0.1) is 0 Å². The highest BCUT2D eigenvalue weighted by atomic mass is 32.2. The van der Waals surface area contributed by atoms with Crippen LogP contribution in [0.4, 0.5) is 0 Å². The molecule has 3 aromatic rings. The predicted molar refractivity (Wildman–Crippen MR) is 108 cm³/mol. The molecule has 0 amide bonds. The molecule has 0 unspecified atom stereocenters. The number of aryl methyl sites for hydroxylation is 4. The van der Waals surface area contributed by atoms with Crippen LogP contribution in [0.3, 0.4) is 0 Å². The maximum atomic E-state index is 13.0. The molecule has 0 spiro atoms. The highest BCUT2D eigenvalue weighted by Crippen LogP contribution is 2.30. The molecule has 0 bridgehead atoms. The average molecular weight is 399 g/mol. The zero-order valence-electron chi connectivity index (χ0n) is 16.0. The molecule has 0 atom stereocenters. The largest absolute Gasteiger partial charge is 0.488 e. The summed E-state index contributed by atoms with van der Waals surface area (Å²) in [5, 5.41) is 22.2. The Morgan fingerprint density at radius 2 is 1.71 bits per heavy atom. The molecule has 0 aliphatic rings. The van der Waals surface area contributed by atoms with Crippen LogP contribution in [0, 0.1) is 20.8 Å². The van der Waals surface area contributed by atoms with Crippen molar-refractivity contribution in [3.8, 4) is 11.1 Å². The Morgan fingerprint density at radius 3 is 2.29 bits per heavy atom. The van der Waals surface area contributed by atoms with E-state index in [1.165, 1.54) is 0 Å². The first-order chi connectivity index (χ1) is 13.2. The van der Waals surface area contributed by atoms with Gasteiger partial charge in [0.15, 0.2) is 9.84 Å². The summed E-state index contributed by atoms with van der Waals surface area (Å²) in [4.78, 5) is 0.299. The lowest BCUT2D eigenvalue weighted by Gasteiger charge is -2.11. The Kier molecular flexibility index (Phi) is 5.74. The number of nitrogens with zero attached hydrogens (tertiary/aromatic N) is 1. The van der Waals surface area contributed by atoms with Gasteiger partial charge in [-0.1, -0.05) is 41.6 Å². The van der Waals surface area contributed by atoms with Gasteiger partial charge in [0.25, 0.3) is 0 Å². The van der Waals surface area contributed by atoms with E-state index >= 15 is 0 Å². The Hall–Kier alpha value is -2.42. The van der Waals surface area contributed by atoms with Crippen molar-refractivity contribution in [3.05, 3.63) is 65.0 Å². The normalized spacial score (nSPS) is 11.6. The van der Waals surface area contributed by atoms with E-state index < -0.39 is 17.0 Å². The second-order valence-electron chi connectivity index (χ2n) is 6.86. The number of benzene rings is 2. The van der Waals surface area contributed by atoms with Crippen LogP contribution < -0.4 is 5.46 Å². The molecular weight excluding hydrogens is 377 g/mol. The van der Waals surface area contributed by atoms with Gasteiger partial charge in [-0.3, -0.25) is 0 Å². The summed E-state index contributed by atoms with van der Waals surface area (Å²) in [6.07, 6.45) is 0.332. The van der Waals surface area contributed by atoms with Gasteiger partial charge in [0, 0.05) is 5.56 Å². The molecule has 146 valence electrons. The Labute approximate surface area is 164 Å². The molecule has 0 saturated carbocycles. The molecule has 1 aromatic heterocycles. The maximum absolute atomic E-state index is 13.0. The maximum Gasteiger partial charge on any atom is 0.488 e. The minimum Gasteiger partial charge on any atom is -0.423 e. The van der Waals surface area contributed by atoms with E-state index in [2.05, 4.69) is 5.16 Å². The molecule has 1 heterocycles. The van der Waals surface area contributed by atoms with Gasteiger partial charge < -0.3 is 14.6 Å². The minimum atomic E-state index is -3.50. The Bertz CT molecular complexity index is 1070. The molecule has 8 heteroatoms. The van der Waals surface area contributed by atoms with E-state index in [0.29, 0.717) is 28.1 Å². The molecule has 0 aliphatic carbocycles. The van der Waals surface area contributed by atoms with E-state index in [-0.39, 0.29) is 5.75 Å². The lowest BCUT2D eigenvalue weighted by molar-refractivity contribution is 0.393. The molecule has 28 heavy (non-hydrogen) atoms. The van der Waals surface area contributed by atoms with Crippen LogP contribution in [0.2, 0.25) is 0 Å². The van der Waals surface area contributed by atoms with Gasteiger partial charge in [0.2, 0.25) is 0 Å². The fourth-order valence-corrected chi connectivity index (χ4v) is 4.79. The monoisotopic (exact) mass is 399 g/mol. The van der Waals surface area contributed by atoms with Crippen molar-refractivity contribution in [3.63, 3.8) is 0 Å². The third kappa shape index (κ3) is 4.19. The average Bonchev–Trinajstić information content (AvgIpc) is 2.99. The fraction of sp³-hybridized carbons (Fsp3) is 0.250. The highest BCUT2D eigenvalue weighted by Gasteiger charge is 2.20. The zero-order chi connectivity index (χ0) is 20.5. The Morgan fingerprint density at radius 1 is 1.04 bits per heavy atom. The molecule has 0 saturated heterocycles. The van der Waals surface area contributed by atoms with Gasteiger partial charge >= 0.3 is 7.12 Å². The van der Waals surface area contributed by atoms with Crippen molar-refractivity contribution < 1.29 is 23.0 Å². The first-order valence-corrected chi connectivity index (χ1v) is 10.6. The second kappa shape index (κ2) is 7.91. The van der Waals surface area contributed by atoms with Crippen LogP contribution in [0.15, 0.2) is 51.9 Å². The molecule has 0 aliphatic heterocycles. The van der Waals surface area contributed by atoms with Gasteiger partial charge in [0.05, 0.1) is 16.3 Å². The zero-order valence-corrected chi connectivity index (χ0v) is 16.8. The van der Waals surface area contributed by atoms with Crippen LogP contribution in [0.1, 0.15) is 22.6 Å². The molecule has 0 radical (unpaired) electrons. The molecule has 2 aromatic carbocycles. The van der Waals surface area contributed by atoms with Crippen molar-refractivity contribution in [1.29, 1.82) is 0 Å². The fourth-order valence-electron chi connectivity index (χ4n) is 3.20. The summed E-state index contributed by atoms with van der Waals surface area (Å²) in [5.74, 6) is 0.607. The van der Waals surface area contributed by atoms with Crippen LogP contribution in [0.5, 0.6) is 0 Å². The highest BCUT2D eigenvalue weighted by molar-refractivity contribution is 7.91. The lowest BCUT2D eigenvalue weighted by atomic mass is 9.80. The van der Waals surface area contributed by atoms with Gasteiger partial charge in [-0.25, -0.2) is 8.42 Å². The Balaban J connectivity index is 1.86. The second-order valence-corrected chi connectivity index (χ2v) is 8.94. The first-order valence-electron chi connectivity index (χ1n) is 8.90. The third-order valence-corrected chi connectivity index (χ3v) is 6.63. The summed E-state index contributed by atoms with van der Waals surface area (Å²) >= 11 is 0. The summed E-state index contributed by atoms with van der Waals surface area (Å²) in [5.41, 5.74) is 4.17. The number of rotatable bonds is 6. The van der Waals surface area contributed by atoms with E-state index in [1.54, 1.807) is 50.2 Å². The molecule has 3 rings (SSSR count). The quantitative estimate of drug-likeness (QED) is 0.615. The summed E-state index contributed by atoms with van der Waals surface area (Å²) in [6, 6.07) is 11.9. The van der Waals surface area contributed by atoms with Crippen molar-refractivity contribution in [2.75, 3.05) is 5.75 Å². The molecular formula is C20H22BNO5S. The standard InChI is InChI=1S/C20H22BNO5S/c1-13-4-7-17(20-14(2)22-27-15(20)3)12-19(13)28(25,26)11-10-16-5-8-18(9-6-16)21(23)24/h4-9,12,23-24H,10-11H2,1-3H3. The predicted octanol–water partition coefficient (Wildman–Crippen LogP) is 1.96. The first kappa shape index (κ1) is 20.3. The summed E-state index contributed by atoms with van der Waals surface area (Å²) in [7, 11) is -5.04. The van der Waals surface area contributed by atoms with Crippen LogP contribution in [-0.4, -0.2) is 36.5 Å². The van der Waals surface area contributed by atoms with E-state index in [0.717, 1.165) is 22.4 Å². The van der Waals surface area contributed by atoms with Gasteiger partial charge in [0.1, 0.15) is 5.76 Å². The van der Waals surface area contributed by atoms with Gasteiger partial charge in [-0.05, 0) is 55.4 Å². The lowest BCUT2D eigenvalue weighted by Crippen LogP contribution is -2.29. The molecule has 0 fully saturated rings. The summed E-state index contributed by atoms with van der Waals surface area (Å²) in [6.45, 7) is 5.41. The van der Waals surface area contributed by atoms with E-state index in [1.807, 2.05) is 13.0 Å². The number of aromatic nitrogens is 1. The van der Waals surface area contributed by atoms with E-state index in [4.69, 9.17) is 14.6 Å². The van der Waals surface area contributed by atoms with Crippen molar-refractivity contribution in [2.24, 2.45) is 0 Å². The molecule has 6 nitrogen and oxygen atoms in total. The molecule has 2 N–H and O–H groups in total. The van der Waals surface area contributed by atoms with Crippen molar-refractivity contribution >= 4 is 22.4 Å². The smallest absolute Gasteiger partial charge is 0.423 e. The summed E-state index contributed by atoms with van der Waals surface area (Å²) < 4.78 is 31.2. The minimum absolute atomic E-state index is 0.0417. The number of hydrogen-bond donors (Lipinski definition) is 2.